The summed E-state index contributed by atoms with van der Waals surface area (Å²) in [6, 6.07) is 22.3. The smallest absolute Gasteiger partial charge is 0.262 e. The van der Waals surface area contributed by atoms with Crippen LogP contribution in [0.4, 0.5) is 0 Å². The summed E-state index contributed by atoms with van der Waals surface area (Å²) in [4.78, 5) is 17.7. The van der Waals surface area contributed by atoms with Gasteiger partial charge in [-0.25, -0.2) is 4.98 Å². The van der Waals surface area contributed by atoms with E-state index in [1.54, 1.807) is 16.3 Å². The van der Waals surface area contributed by atoms with Gasteiger partial charge >= 0.3 is 0 Å². The summed E-state index contributed by atoms with van der Waals surface area (Å²) in [5.41, 5.74) is 2.03. The van der Waals surface area contributed by atoms with Crippen LogP contribution in [0.5, 0.6) is 0 Å². The molecule has 0 aliphatic carbocycles. The minimum absolute atomic E-state index is 0.0359. The molecule has 0 amide bonds. The number of benzene rings is 3. The number of hydrogen-bond donors (Lipinski definition) is 0. The van der Waals surface area contributed by atoms with Crippen molar-refractivity contribution in [2.24, 2.45) is 0 Å². The molecular formula is C21H18N2OS. The molecule has 0 aliphatic rings. The van der Waals surface area contributed by atoms with Crippen molar-refractivity contribution in [3.63, 3.8) is 0 Å². The Morgan fingerprint density at radius 2 is 1.64 bits per heavy atom. The normalized spacial score (nSPS) is 11.2. The molecule has 0 spiro atoms. The van der Waals surface area contributed by atoms with Crippen LogP contribution in [0.2, 0.25) is 0 Å². The van der Waals surface area contributed by atoms with Gasteiger partial charge in [0.2, 0.25) is 0 Å². The molecule has 0 bridgehead atoms. The Morgan fingerprint density at radius 3 is 2.36 bits per heavy atom. The number of nitrogens with zero attached hydrogens (tertiary/aromatic N) is 2. The molecular weight excluding hydrogens is 328 g/mol. The molecule has 0 atom stereocenters. The predicted molar refractivity (Wildman–Crippen MR) is 105 cm³/mol. The Morgan fingerprint density at radius 1 is 0.960 bits per heavy atom. The standard InChI is InChI=1S/C21H18N2OS/c1-2-23-20(24)18-12-16-10-6-7-11-17(16)13-19(18)22-21(23)25-14-15-8-4-3-5-9-15/h3-13H,2,14H2,1H3. The predicted octanol–water partition coefficient (Wildman–Crippen LogP) is 4.86. The average molecular weight is 346 g/mol. The Hall–Kier alpha value is -2.59. The van der Waals surface area contributed by atoms with Gasteiger partial charge in [0.15, 0.2) is 5.16 Å². The van der Waals surface area contributed by atoms with E-state index in [9.17, 15) is 4.79 Å². The molecule has 1 aromatic heterocycles. The van der Waals surface area contributed by atoms with Crippen molar-refractivity contribution in [3.05, 3.63) is 82.6 Å². The van der Waals surface area contributed by atoms with E-state index in [1.165, 1.54) is 5.56 Å². The summed E-state index contributed by atoms with van der Waals surface area (Å²) in [7, 11) is 0. The zero-order valence-corrected chi connectivity index (χ0v) is 14.8. The molecule has 1 heterocycles. The molecule has 4 rings (SSSR count). The van der Waals surface area contributed by atoms with E-state index < -0.39 is 0 Å². The van der Waals surface area contributed by atoms with Gasteiger partial charge in [0.25, 0.3) is 5.56 Å². The zero-order valence-electron chi connectivity index (χ0n) is 14.0. The number of thioether (sulfide) groups is 1. The Labute approximate surface area is 150 Å². The first kappa shape index (κ1) is 15.9. The van der Waals surface area contributed by atoms with Crippen molar-refractivity contribution in [2.45, 2.75) is 24.4 Å². The van der Waals surface area contributed by atoms with Crippen LogP contribution in [0.3, 0.4) is 0 Å². The fraction of sp³-hybridized carbons (Fsp3) is 0.143. The molecule has 3 aromatic carbocycles. The van der Waals surface area contributed by atoms with Gasteiger partial charge in [-0.3, -0.25) is 9.36 Å². The van der Waals surface area contributed by atoms with Crippen molar-refractivity contribution >= 4 is 33.4 Å². The van der Waals surface area contributed by atoms with Crippen LogP contribution in [0.15, 0.2) is 76.7 Å². The number of fused-ring (bicyclic) bond motifs is 2. The van der Waals surface area contributed by atoms with Crippen molar-refractivity contribution < 1.29 is 0 Å². The lowest BCUT2D eigenvalue weighted by atomic mass is 10.1. The molecule has 3 nitrogen and oxygen atoms in total. The van der Waals surface area contributed by atoms with Gasteiger partial charge in [0, 0.05) is 12.3 Å². The lowest BCUT2D eigenvalue weighted by molar-refractivity contribution is 0.634. The van der Waals surface area contributed by atoms with Crippen molar-refractivity contribution in [1.82, 2.24) is 9.55 Å². The second kappa shape index (κ2) is 6.73. The van der Waals surface area contributed by atoms with Gasteiger partial charge in [-0.15, -0.1) is 0 Å². The molecule has 25 heavy (non-hydrogen) atoms. The Kier molecular flexibility index (Phi) is 4.28. The first-order valence-electron chi connectivity index (χ1n) is 8.36. The third kappa shape index (κ3) is 3.05. The SMILES string of the molecule is CCn1c(SCc2ccccc2)nc2cc3ccccc3cc2c1=O. The Balaban J connectivity index is 1.83. The van der Waals surface area contributed by atoms with Crippen molar-refractivity contribution in [1.29, 1.82) is 0 Å². The summed E-state index contributed by atoms with van der Waals surface area (Å²) in [6.45, 7) is 2.61. The molecule has 0 saturated carbocycles. The molecule has 0 radical (unpaired) electrons. The van der Waals surface area contributed by atoms with Crippen LogP contribution >= 0.6 is 11.8 Å². The van der Waals surface area contributed by atoms with E-state index in [1.807, 2.05) is 55.5 Å². The van der Waals surface area contributed by atoms with Gasteiger partial charge in [0.1, 0.15) is 0 Å². The molecule has 0 unspecified atom stereocenters. The van der Waals surface area contributed by atoms with E-state index in [0.29, 0.717) is 11.9 Å². The lowest BCUT2D eigenvalue weighted by Gasteiger charge is -2.12. The molecule has 124 valence electrons. The van der Waals surface area contributed by atoms with Crippen LogP contribution in [0.25, 0.3) is 21.7 Å². The number of rotatable bonds is 4. The van der Waals surface area contributed by atoms with Gasteiger partial charge in [-0.05, 0) is 35.4 Å². The highest BCUT2D eigenvalue weighted by Crippen LogP contribution is 2.24. The van der Waals surface area contributed by atoms with Crippen molar-refractivity contribution in [2.75, 3.05) is 0 Å². The third-order valence-corrected chi connectivity index (χ3v) is 5.36. The molecule has 0 N–H and O–H groups in total. The highest BCUT2D eigenvalue weighted by molar-refractivity contribution is 7.98. The second-order valence-corrected chi connectivity index (χ2v) is 6.88. The van der Waals surface area contributed by atoms with Crippen LogP contribution in [-0.4, -0.2) is 9.55 Å². The number of aromatic nitrogens is 2. The summed E-state index contributed by atoms with van der Waals surface area (Å²) >= 11 is 1.61. The third-order valence-electron chi connectivity index (χ3n) is 4.31. The summed E-state index contributed by atoms with van der Waals surface area (Å²) in [6.07, 6.45) is 0. The second-order valence-electron chi connectivity index (χ2n) is 5.93. The monoisotopic (exact) mass is 346 g/mol. The van der Waals surface area contributed by atoms with Gasteiger partial charge in [0.05, 0.1) is 10.9 Å². The van der Waals surface area contributed by atoms with Gasteiger partial charge < -0.3 is 0 Å². The maximum absolute atomic E-state index is 12.9. The molecule has 0 fully saturated rings. The maximum Gasteiger partial charge on any atom is 0.262 e. The van der Waals surface area contributed by atoms with Crippen LogP contribution in [0.1, 0.15) is 12.5 Å². The van der Waals surface area contributed by atoms with E-state index in [-0.39, 0.29) is 5.56 Å². The Bertz CT molecular complexity index is 1100. The van der Waals surface area contributed by atoms with E-state index in [4.69, 9.17) is 4.98 Å². The first-order valence-corrected chi connectivity index (χ1v) is 9.35. The van der Waals surface area contributed by atoms with Crippen LogP contribution in [0, 0.1) is 0 Å². The van der Waals surface area contributed by atoms with Gasteiger partial charge in [-0.1, -0.05) is 66.4 Å². The van der Waals surface area contributed by atoms with Crippen LogP contribution in [-0.2, 0) is 12.3 Å². The summed E-state index contributed by atoms with van der Waals surface area (Å²) in [5.74, 6) is 0.798. The minimum Gasteiger partial charge on any atom is -0.287 e. The van der Waals surface area contributed by atoms with E-state index >= 15 is 0 Å². The lowest BCUT2D eigenvalue weighted by Crippen LogP contribution is -2.22. The molecule has 0 saturated heterocycles. The average Bonchev–Trinajstić information content (AvgIpc) is 2.66. The molecule has 4 aromatic rings. The highest BCUT2D eigenvalue weighted by Gasteiger charge is 2.11. The van der Waals surface area contributed by atoms with Gasteiger partial charge in [-0.2, -0.15) is 0 Å². The molecule has 0 aliphatic heterocycles. The maximum atomic E-state index is 12.9. The fourth-order valence-corrected chi connectivity index (χ4v) is 4.02. The van der Waals surface area contributed by atoms with E-state index in [0.717, 1.165) is 27.2 Å². The fourth-order valence-electron chi connectivity index (χ4n) is 3.00. The topological polar surface area (TPSA) is 34.9 Å². The number of hydrogen-bond acceptors (Lipinski definition) is 3. The van der Waals surface area contributed by atoms with Crippen molar-refractivity contribution in [3.8, 4) is 0 Å². The quantitative estimate of drug-likeness (QED) is 0.301. The van der Waals surface area contributed by atoms with E-state index in [2.05, 4.69) is 18.2 Å². The highest BCUT2D eigenvalue weighted by atomic mass is 32.2. The summed E-state index contributed by atoms with van der Waals surface area (Å²) < 4.78 is 1.77. The summed E-state index contributed by atoms with van der Waals surface area (Å²) in [5, 5.41) is 3.64. The molecule has 4 heteroatoms. The van der Waals surface area contributed by atoms with Crippen LogP contribution < -0.4 is 5.56 Å². The largest absolute Gasteiger partial charge is 0.287 e. The zero-order chi connectivity index (χ0) is 17.2. The minimum atomic E-state index is 0.0359. The first-order chi connectivity index (χ1) is 12.3.